The fourth-order valence-electron chi connectivity index (χ4n) is 2.15. The second-order valence-corrected chi connectivity index (χ2v) is 5.61. The fraction of sp³-hybridized carbons (Fsp3) is 0.500. The van der Waals surface area contributed by atoms with E-state index in [9.17, 15) is 4.79 Å². The van der Waals surface area contributed by atoms with Crippen molar-refractivity contribution in [2.45, 2.75) is 25.2 Å². The summed E-state index contributed by atoms with van der Waals surface area (Å²) in [6.45, 7) is 4.53. The van der Waals surface area contributed by atoms with E-state index >= 15 is 0 Å². The number of nitrogens with one attached hydrogen (secondary N) is 2. The van der Waals surface area contributed by atoms with Crippen molar-refractivity contribution in [1.82, 2.24) is 10.6 Å². The molecule has 0 heterocycles. The van der Waals surface area contributed by atoms with Crippen molar-refractivity contribution in [3.05, 3.63) is 34.3 Å². The first-order valence-electron chi connectivity index (χ1n) is 6.44. The molecule has 1 aliphatic rings. The lowest BCUT2D eigenvalue weighted by Gasteiger charge is -2.16. The van der Waals surface area contributed by atoms with Crippen LogP contribution in [0.3, 0.4) is 0 Å². The molecular weight excluding hydrogens is 292 g/mol. The van der Waals surface area contributed by atoms with E-state index in [2.05, 4.69) is 33.5 Å². The first-order chi connectivity index (χ1) is 8.69. The molecule has 1 amide bonds. The Labute approximate surface area is 116 Å². The van der Waals surface area contributed by atoms with Gasteiger partial charge in [0.1, 0.15) is 0 Å². The van der Waals surface area contributed by atoms with E-state index in [1.807, 2.05) is 24.3 Å². The molecule has 0 aromatic heterocycles. The van der Waals surface area contributed by atoms with Crippen LogP contribution in [-0.2, 0) is 10.2 Å². The molecule has 3 nitrogen and oxygen atoms in total. The Balaban J connectivity index is 1.94. The summed E-state index contributed by atoms with van der Waals surface area (Å²) < 4.78 is 1.05. The SMILES string of the molecule is CCNCCNC(=O)C1(c2ccc(Br)cc2)CC1. The number of hydrogen-bond donors (Lipinski definition) is 2. The largest absolute Gasteiger partial charge is 0.354 e. The first kappa shape index (κ1) is 13.6. The molecule has 1 aromatic rings. The Hall–Kier alpha value is -0.870. The lowest BCUT2D eigenvalue weighted by atomic mass is 9.95. The summed E-state index contributed by atoms with van der Waals surface area (Å²) >= 11 is 3.42. The van der Waals surface area contributed by atoms with Crippen molar-refractivity contribution in [2.24, 2.45) is 0 Å². The van der Waals surface area contributed by atoms with Gasteiger partial charge in [0, 0.05) is 17.6 Å². The molecule has 1 saturated carbocycles. The van der Waals surface area contributed by atoms with Gasteiger partial charge in [0.15, 0.2) is 0 Å². The van der Waals surface area contributed by atoms with Crippen molar-refractivity contribution in [3.8, 4) is 0 Å². The van der Waals surface area contributed by atoms with Gasteiger partial charge in [-0.2, -0.15) is 0 Å². The van der Waals surface area contributed by atoms with Crippen LogP contribution in [0.2, 0.25) is 0 Å². The summed E-state index contributed by atoms with van der Waals surface area (Å²) in [4.78, 5) is 12.2. The van der Waals surface area contributed by atoms with Gasteiger partial charge < -0.3 is 10.6 Å². The van der Waals surface area contributed by atoms with Crippen LogP contribution in [0.1, 0.15) is 25.3 Å². The normalized spacial score (nSPS) is 16.3. The average molecular weight is 311 g/mol. The van der Waals surface area contributed by atoms with Crippen molar-refractivity contribution >= 4 is 21.8 Å². The highest BCUT2D eigenvalue weighted by Crippen LogP contribution is 2.48. The van der Waals surface area contributed by atoms with Gasteiger partial charge in [-0.05, 0) is 37.1 Å². The van der Waals surface area contributed by atoms with Crippen LogP contribution in [0, 0.1) is 0 Å². The number of rotatable bonds is 6. The van der Waals surface area contributed by atoms with Crippen molar-refractivity contribution in [1.29, 1.82) is 0 Å². The number of carbonyl (C=O) groups is 1. The highest BCUT2D eigenvalue weighted by molar-refractivity contribution is 9.10. The molecule has 0 radical (unpaired) electrons. The monoisotopic (exact) mass is 310 g/mol. The second-order valence-electron chi connectivity index (χ2n) is 4.70. The number of likely N-dealkylation sites (N-methyl/N-ethyl adjacent to an activating group) is 1. The van der Waals surface area contributed by atoms with Crippen LogP contribution in [0.5, 0.6) is 0 Å². The molecule has 2 rings (SSSR count). The Morgan fingerprint density at radius 2 is 1.94 bits per heavy atom. The molecule has 1 fully saturated rings. The van der Waals surface area contributed by atoms with Gasteiger partial charge in [-0.1, -0.05) is 35.0 Å². The molecular formula is C14H19BrN2O. The van der Waals surface area contributed by atoms with E-state index in [0.29, 0.717) is 6.54 Å². The topological polar surface area (TPSA) is 41.1 Å². The summed E-state index contributed by atoms with van der Waals surface area (Å²) in [5.41, 5.74) is 0.874. The molecule has 0 aliphatic heterocycles. The van der Waals surface area contributed by atoms with Gasteiger partial charge >= 0.3 is 0 Å². The van der Waals surface area contributed by atoms with Crippen molar-refractivity contribution in [3.63, 3.8) is 0 Å². The molecule has 1 aromatic carbocycles. The predicted octanol–water partition coefficient (Wildman–Crippen LogP) is 2.21. The van der Waals surface area contributed by atoms with E-state index < -0.39 is 0 Å². The van der Waals surface area contributed by atoms with Crippen LogP contribution in [0.4, 0.5) is 0 Å². The summed E-state index contributed by atoms with van der Waals surface area (Å²) in [6, 6.07) is 8.09. The van der Waals surface area contributed by atoms with Gasteiger partial charge in [0.05, 0.1) is 5.41 Å². The van der Waals surface area contributed by atoms with E-state index in [-0.39, 0.29) is 11.3 Å². The Morgan fingerprint density at radius 3 is 2.50 bits per heavy atom. The minimum atomic E-state index is -0.257. The summed E-state index contributed by atoms with van der Waals surface area (Å²) in [5.74, 6) is 0.169. The lowest BCUT2D eigenvalue weighted by Crippen LogP contribution is -2.38. The zero-order valence-electron chi connectivity index (χ0n) is 10.6. The summed E-state index contributed by atoms with van der Waals surface area (Å²) in [7, 11) is 0. The average Bonchev–Trinajstić information content (AvgIpc) is 3.17. The van der Waals surface area contributed by atoms with Crippen LogP contribution in [0.25, 0.3) is 0 Å². The Morgan fingerprint density at radius 1 is 1.28 bits per heavy atom. The third-order valence-corrected chi connectivity index (χ3v) is 3.95. The lowest BCUT2D eigenvalue weighted by molar-refractivity contribution is -0.123. The third-order valence-electron chi connectivity index (χ3n) is 3.42. The Kier molecular flexibility index (Phi) is 4.40. The summed E-state index contributed by atoms with van der Waals surface area (Å²) in [5, 5.41) is 6.22. The molecule has 0 spiro atoms. The van der Waals surface area contributed by atoms with Gasteiger partial charge in [0.2, 0.25) is 5.91 Å². The molecule has 2 N–H and O–H groups in total. The number of carbonyl (C=O) groups excluding carboxylic acids is 1. The van der Waals surface area contributed by atoms with Crippen LogP contribution >= 0.6 is 15.9 Å². The highest BCUT2D eigenvalue weighted by atomic mass is 79.9. The smallest absolute Gasteiger partial charge is 0.230 e. The van der Waals surface area contributed by atoms with Crippen LogP contribution < -0.4 is 10.6 Å². The van der Waals surface area contributed by atoms with Crippen LogP contribution in [0.15, 0.2) is 28.7 Å². The van der Waals surface area contributed by atoms with Gasteiger partial charge in [0.25, 0.3) is 0 Å². The standard InChI is InChI=1S/C14H19BrN2O/c1-2-16-9-10-17-13(18)14(7-8-14)11-3-5-12(15)6-4-11/h3-6,16H,2,7-10H2,1H3,(H,17,18). The maximum absolute atomic E-state index is 12.2. The van der Waals surface area contributed by atoms with E-state index in [1.54, 1.807) is 0 Å². The second kappa shape index (κ2) is 5.85. The van der Waals surface area contributed by atoms with Crippen molar-refractivity contribution < 1.29 is 4.79 Å². The number of benzene rings is 1. The molecule has 4 heteroatoms. The highest BCUT2D eigenvalue weighted by Gasteiger charge is 2.50. The van der Waals surface area contributed by atoms with E-state index in [4.69, 9.17) is 0 Å². The Bertz CT molecular complexity index is 412. The quantitative estimate of drug-likeness (QED) is 0.791. The zero-order chi connectivity index (χ0) is 13.0. The van der Waals surface area contributed by atoms with Gasteiger partial charge in [-0.25, -0.2) is 0 Å². The molecule has 18 heavy (non-hydrogen) atoms. The van der Waals surface area contributed by atoms with Crippen LogP contribution in [-0.4, -0.2) is 25.5 Å². The maximum Gasteiger partial charge on any atom is 0.230 e. The minimum absolute atomic E-state index is 0.169. The number of amides is 1. The van der Waals surface area contributed by atoms with E-state index in [1.165, 1.54) is 0 Å². The molecule has 0 atom stereocenters. The minimum Gasteiger partial charge on any atom is -0.354 e. The summed E-state index contributed by atoms with van der Waals surface area (Å²) in [6.07, 6.45) is 1.92. The molecule has 98 valence electrons. The van der Waals surface area contributed by atoms with Gasteiger partial charge in [-0.15, -0.1) is 0 Å². The fourth-order valence-corrected chi connectivity index (χ4v) is 2.42. The molecule has 0 unspecified atom stereocenters. The third kappa shape index (κ3) is 2.93. The number of halogens is 1. The molecule has 1 aliphatic carbocycles. The molecule has 0 bridgehead atoms. The predicted molar refractivity (Wildman–Crippen MR) is 76.6 cm³/mol. The van der Waals surface area contributed by atoms with Crippen molar-refractivity contribution in [2.75, 3.05) is 19.6 Å². The van der Waals surface area contributed by atoms with Gasteiger partial charge in [-0.3, -0.25) is 4.79 Å². The first-order valence-corrected chi connectivity index (χ1v) is 7.23. The van der Waals surface area contributed by atoms with E-state index in [0.717, 1.165) is 36.0 Å². The molecule has 0 saturated heterocycles. The zero-order valence-corrected chi connectivity index (χ0v) is 12.2. The number of hydrogen-bond acceptors (Lipinski definition) is 2. The maximum atomic E-state index is 12.2.